The Morgan fingerprint density at radius 3 is 2.78 bits per heavy atom. The first-order valence-electron chi connectivity index (χ1n) is 9.03. The van der Waals surface area contributed by atoms with Crippen molar-refractivity contribution < 1.29 is 0 Å². The second-order valence-corrected chi connectivity index (χ2v) is 7.37. The molecule has 5 rings (SSSR count). The van der Waals surface area contributed by atoms with Gasteiger partial charge in [-0.05, 0) is 55.0 Å². The fraction of sp³-hybridized carbons (Fsp3) is 0.429. The molecular formula is C21H24N2. The molecular weight excluding hydrogens is 280 g/mol. The molecule has 118 valence electrons. The summed E-state index contributed by atoms with van der Waals surface area (Å²) in [5.74, 6) is 0.624. The smallest absolute Gasteiger partial charge is 0.0535 e. The molecule has 1 N–H and O–H groups in total. The van der Waals surface area contributed by atoms with E-state index in [0.717, 1.165) is 13.1 Å². The van der Waals surface area contributed by atoms with Crippen molar-refractivity contribution in [1.29, 1.82) is 0 Å². The minimum Gasteiger partial charge on any atom is -0.365 e. The van der Waals surface area contributed by atoms with Gasteiger partial charge in [-0.1, -0.05) is 42.5 Å². The van der Waals surface area contributed by atoms with E-state index in [9.17, 15) is 0 Å². The summed E-state index contributed by atoms with van der Waals surface area (Å²) in [7, 11) is 0. The second kappa shape index (κ2) is 5.10. The largest absolute Gasteiger partial charge is 0.365 e. The predicted octanol–water partition coefficient (Wildman–Crippen LogP) is 3.51. The van der Waals surface area contributed by atoms with Gasteiger partial charge in [0.05, 0.1) is 5.54 Å². The van der Waals surface area contributed by atoms with Crippen molar-refractivity contribution in [2.24, 2.45) is 0 Å². The topological polar surface area (TPSA) is 15.3 Å². The Hall–Kier alpha value is -1.80. The number of anilines is 1. The van der Waals surface area contributed by atoms with Crippen LogP contribution in [0, 0.1) is 0 Å². The molecule has 0 radical (unpaired) electrons. The van der Waals surface area contributed by atoms with Gasteiger partial charge in [0.25, 0.3) is 0 Å². The highest BCUT2D eigenvalue weighted by molar-refractivity contribution is 5.61. The highest BCUT2D eigenvalue weighted by Crippen LogP contribution is 2.50. The van der Waals surface area contributed by atoms with Crippen LogP contribution >= 0.6 is 0 Å². The maximum Gasteiger partial charge on any atom is 0.0535 e. The molecule has 2 aliphatic heterocycles. The third-order valence-corrected chi connectivity index (χ3v) is 6.31. The Kier molecular flexibility index (Phi) is 3.02. The highest BCUT2D eigenvalue weighted by Gasteiger charge is 2.51. The summed E-state index contributed by atoms with van der Waals surface area (Å²) < 4.78 is 0. The van der Waals surface area contributed by atoms with Crippen molar-refractivity contribution in [3.05, 3.63) is 65.2 Å². The normalized spacial score (nSPS) is 28.9. The third kappa shape index (κ3) is 1.91. The number of nitrogens with zero attached hydrogens (tertiary/aromatic N) is 1. The quantitative estimate of drug-likeness (QED) is 0.867. The maximum absolute atomic E-state index is 3.66. The lowest BCUT2D eigenvalue weighted by molar-refractivity contribution is 0.261. The molecule has 2 atom stereocenters. The summed E-state index contributed by atoms with van der Waals surface area (Å²) in [5, 5.41) is 3.66. The second-order valence-electron chi connectivity index (χ2n) is 7.37. The van der Waals surface area contributed by atoms with E-state index in [1.165, 1.54) is 37.9 Å². The van der Waals surface area contributed by atoms with Gasteiger partial charge in [0.1, 0.15) is 0 Å². The van der Waals surface area contributed by atoms with Gasteiger partial charge in [-0.2, -0.15) is 0 Å². The van der Waals surface area contributed by atoms with E-state index < -0.39 is 0 Å². The monoisotopic (exact) mass is 304 g/mol. The lowest BCUT2D eigenvalue weighted by Gasteiger charge is -2.51. The molecule has 2 heterocycles. The number of rotatable bonds is 1. The van der Waals surface area contributed by atoms with E-state index in [4.69, 9.17) is 0 Å². The average Bonchev–Trinajstić information content (AvgIpc) is 2.96. The molecule has 1 aliphatic carbocycles. The highest BCUT2D eigenvalue weighted by atomic mass is 15.2. The summed E-state index contributed by atoms with van der Waals surface area (Å²) in [6, 6.07) is 18.2. The molecule has 3 aliphatic rings. The van der Waals surface area contributed by atoms with Crippen LogP contribution < -0.4 is 10.2 Å². The number of aryl methyl sites for hydroxylation is 1. The van der Waals surface area contributed by atoms with E-state index in [2.05, 4.69) is 58.7 Å². The van der Waals surface area contributed by atoms with Crippen LogP contribution in [-0.4, -0.2) is 25.2 Å². The van der Waals surface area contributed by atoms with Crippen molar-refractivity contribution in [1.82, 2.24) is 5.32 Å². The van der Waals surface area contributed by atoms with Gasteiger partial charge in [-0.3, -0.25) is 0 Å². The van der Waals surface area contributed by atoms with Crippen molar-refractivity contribution >= 4 is 5.69 Å². The van der Waals surface area contributed by atoms with Crippen LogP contribution in [-0.2, 0) is 12.8 Å². The SMILES string of the molecule is c1ccc2c(c1)CC1(N3CCCc4ccccc43)CCNCC21. The van der Waals surface area contributed by atoms with Crippen molar-refractivity contribution in [2.45, 2.75) is 37.1 Å². The van der Waals surface area contributed by atoms with Gasteiger partial charge in [0, 0.05) is 24.7 Å². The first kappa shape index (κ1) is 13.6. The van der Waals surface area contributed by atoms with E-state index >= 15 is 0 Å². The van der Waals surface area contributed by atoms with Crippen LogP contribution in [0.4, 0.5) is 5.69 Å². The summed E-state index contributed by atoms with van der Waals surface area (Å²) in [4.78, 5) is 2.79. The van der Waals surface area contributed by atoms with E-state index in [1.807, 2.05) is 0 Å². The fourth-order valence-electron chi connectivity index (χ4n) is 5.31. The molecule has 1 saturated heterocycles. The molecule has 2 aromatic rings. The Bertz CT molecular complexity index is 738. The van der Waals surface area contributed by atoms with Crippen LogP contribution in [0.15, 0.2) is 48.5 Å². The van der Waals surface area contributed by atoms with Crippen LogP contribution in [0.25, 0.3) is 0 Å². The van der Waals surface area contributed by atoms with Gasteiger partial charge >= 0.3 is 0 Å². The van der Waals surface area contributed by atoms with E-state index in [-0.39, 0.29) is 5.54 Å². The number of nitrogens with one attached hydrogen (secondary N) is 1. The molecule has 2 heteroatoms. The summed E-state index contributed by atoms with van der Waals surface area (Å²) in [6.07, 6.45) is 4.98. The third-order valence-electron chi connectivity index (χ3n) is 6.31. The van der Waals surface area contributed by atoms with Gasteiger partial charge in [-0.25, -0.2) is 0 Å². The minimum absolute atomic E-state index is 0.283. The van der Waals surface area contributed by atoms with Crippen molar-refractivity contribution in [3.8, 4) is 0 Å². The number of piperidine rings is 1. The van der Waals surface area contributed by atoms with E-state index in [1.54, 1.807) is 16.7 Å². The molecule has 0 spiro atoms. The average molecular weight is 304 g/mol. The molecule has 2 unspecified atom stereocenters. The first-order chi connectivity index (χ1) is 11.4. The molecule has 0 bridgehead atoms. The van der Waals surface area contributed by atoms with Crippen LogP contribution in [0.3, 0.4) is 0 Å². The summed E-state index contributed by atoms with van der Waals surface area (Å²) >= 11 is 0. The number of para-hydroxylation sites is 1. The van der Waals surface area contributed by atoms with Crippen molar-refractivity contribution in [3.63, 3.8) is 0 Å². The zero-order valence-electron chi connectivity index (χ0n) is 13.6. The molecule has 23 heavy (non-hydrogen) atoms. The molecule has 2 aromatic carbocycles. The zero-order valence-corrected chi connectivity index (χ0v) is 13.6. The van der Waals surface area contributed by atoms with Crippen LogP contribution in [0.2, 0.25) is 0 Å². The predicted molar refractivity (Wildman–Crippen MR) is 95.2 cm³/mol. The summed E-state index contributed by atoms with van der Waals surface area (Å²) in [5.41, 5.74) is 6.48. The molecule has 0 saturated carbocycles. The number of hydrogen-bond donors (Lipinski definition) is 1. The lowest BCUT2D eigenvalue weighted by atomic mass is 9.76. The first-order valence-corrected chi connectivity index (χ1v) is 9.03. The maximum atomic E-state index is 3.66. The zero-order chi connectivity index (χ0) is 15.3. The standard InChI is InChI=1S/C21H24N2/c1-3-9-18-17(7-1)14-21(11-12-22-15-19(18)21)23-13-5-8-16-6-2-4-10-20(16)23/h1-4,6-7,9-10,19,22H,5,8,11-15H2. The molecule has 0 aromatic heterocycles. The van der Waals surface area contributed by atoms with Gasteiger partial charge in [0.15, 0.2) is 0 Å². The number of benzene rings is 2. The van der Waals surface area contributed by atoms with Crippen LogP contribution in [0.5, 0.6) is 0 Å². The van der Waals surface area contributed by atoms with Crippen molar-refractivity contribution in [2.75, 3.05) is 24.5 Å². The van der Waals surface area contributed by atoms with Gasteiger partial charge in [-0.15, -0.1) is 0 Å². The molecule has 1 fully saturated rings. The Morgan fingerprint density at radius 1 is 1.00 bits per heavy atom. The lowest BCUT2D eigenvalue weighted by Crippen LogP contribution is -2.59. The Labute approximate surface area is 138 Å². The Morgan fingerprint density at radius 2 is 1.83 bits per heavy atom. The van der Waals surface area contributed by atoms with Gasteiger partial charge in [0.2, 0.25) is 0 Å². The van der Waals surface area contributed by atoms with Crippen LogP contribution in [0.1, 0.15) is 35.4 Å². The molecule has 0 amide bonds. The van der Waals surface area contributed by atoms with Gasteiger partial charge < -0.3 is 10.2 Å². The number of hydrogen-bond acceptors (Lipinski definition) is 2. The fourth-order valence-corrected chi connectivity index (χ4v) is 5.31. The minimum atomic E-state index is 0.283. The number of fused-ring (bicyclic) bond motifs is 4. The Balaban J connectivity index is 1.64. The molecule has 2 nitrogen and oxygen atoms in total. The van der Waals surface area contributed by atoms with E-state index in [0.29, 0.717) is 5.92 Å². The summed E-state index contributed by atoms with van der Waals surface area (Å²) in [6.45, 7) is 3.47.